The standard InChI is InChI=1S/C12H15BrClN/c1-2-3-11-12-8(6-7-15-11)9(13)4-5-10(12)14/h4-5,11,15H,2-3,6-7H2,1H3. The van der Waals surface area contributed by atoms with Crippen molar-refractivity contribution in [1.29, 1.82) is 0 Å². The molecule has 1 N–H and O–H groups in total. The van der Waals surface area contributed by atoms with E-state index < -0.39 is 0 Å². The first-order valence-electron chi connectivity index (χ1n) is 5.44. The molecule has 3 heteroatoms. The first-order chi connectivity index (χ1) is 7.24. The van der Waals surface area contributed by atoms with Crippen molar-refractivity contribution >= 4 is 27.5 Å². The Labute approximate surface area is 104 Å². The molecule has 0 bridgehead atoms. The highest BCUT2D eigenvalue weighted by atomic mass is 79.9. The van der Waals surface area contributed by atoms with E-state index >= 15 is 0 Å². The summed E-state index contributed by atoms with van der Waals surface area (Å²) in [5, 5.41) is 4.44. The van der Waals surface area contributed by atoms with Gasteiger partial charge in [-0.25, -0.2) is 0 Å². The Bertz CT molecular complexity index is 365. The van der Waals surface area contributed by atoms with Crippen LogP contribution in [-0.4, -0.2) is 6.54 Å². The normalized spacial score (nSPS) is 20.1. The molecule has 0 amide bonds. The Hall–Kier alpha value is -0.0500. The van der Waals surface area contributed by atoms with Crippen molar-refractivity contribution in [2.75, 3.05) is 6.54 Å². The summed E-state index contributed by atoms with van der Waals surface area (Å²) in [6.45, 7) is 3.26. The second-order valence-electron chi connectivity index (χ2n) is 3.97. The Kier molecular flexibility index (Phi) is 3.70. The summed E-state index contributed by atoms with van der Waals surface area (Å²) in [6.07, 6.45) is 3.40. The van der Waals surface area contributed by atoms with E-state index in [4.69, 9.17) is 11.6 Å². The number of hydrogen-bond acceptors (Lipinski definition) is 1. The Morgan fingerprint density at radius 3 is 3.07 bits per heavy atom. The molecule has 1 aliphatic rings. The number of benzene rings is 1. The second-order valence-corrected chi connectivity index (χ2v) is 5.23. The number of hydrogen-bond donors (Lipinski definition) is 1. The average molecular weight is 289 g/mol. The Morgan fingerprint density at radius 1 is 1.53 bits per heavy atom. The van der Waals surface area contributed by atoms with Gasteiger partial charge in [0.05, 0.1) is 0 Å². The first kappa shape index (κ1) is 11.4. The summed E-state index contributed by atoms with van der Waals surface area (Å²) < 4.78 is 1.20. The lowest BCUT2D eigenvalue weighted by molar-refractivity contribution is 0.470. The average Bonchev–Trinajstić information content (AvgIpc) is 2.24. The van der Waals surface area contributed by atoms with Crippen molar-refractivity contribution in [2.24, 2.45) is 0 Å². The number of fused-ring (bicyclic) bond motifs is 1. The van der Waals surface area contributed by atoms with Gasteiger partial charge in [0, 0.05) is 15.5 Å². The van der Waals surface area contributed by atoms with Crippen LogP contribution in [0, 0.1) is 0 Å². The van der Waals surface area contributed by atoms with Crippen LogP contribution >= 0.6 is 27.5 Å². The molecular weight excluding hydrogens is 273 g/mol. The van der Waals surface area contributed by atoms with Crippen molar-refractivity contribution in [1.82, 2.24) is 5.32 Å². The van der Waals surface area contributed by atoms with Crippen LogP contribution in [0.15, 0.2) is 16.6 Å². The van der Waals surface area contributed by atoms with Gasteiger partial charge in [-0.05, 0) is 42.6 Å². The van der Waals surface area contributed by atoms with E-state index in [0.29, 0.717) is 6.04 Å². The minimum absolute atomic E-state index is 0.434. The van der Waals surface area contributed by atoms with Gasteiger partial charge in [0.25, 0.3) is 0 Å². The molecular formula is C12H15BrClN. The molecule has 0 fully saturated rings. The summed E-state index contributed by atoms with van der Waals surface area (Å²) in [5.41, 5.74) is 2.69. The van der Waals surface area contributed by atoms with E-state index in [1.165, 1.54) is 22.0 Å². The third kappa shape index (κ3) is 2.22. The van der Waals surface area contributed by atoms with Gasteiger partial charge in [-0.15, -0.1) is 0 Å². The highest BCUT2D eigenvalue weighted by Gasteiger charge is 2.23. The Morgan fingerprint density at radius 2 is 2.33 bits per heavy atom. The lowest BCUT2D eigenvalue weighted by Gasteiger charge is -2.28. The zero-order valence-corrected chi connectivity index (χ0v) is 11.2. The van der Waals surface area contributed by atoms with Gasteiger partial charge in [-0.2, -0.15) is 0 Å². The van der Waals surface area contributed by atoms with Crippen molar-refractivity contribution < 1.29 is 0 Å². The molecule has 1 nitrogen and oxygen atoms in total. The predicted molar refractivity (Wildman–Crippen MR) is 68.5 cm³/mol. The molecule has 1 aromatic carbocycles. The maximum Gasteiger partial charge on any atom is 0.0457 e. The maximum absolute atomic E-state index is 6.28. The number of halogens is 2. The lowest BCUT2D eigenvalue weighted by atomic mass is 9.92. The molecule has 1 unspecified atom stereocenters. The van der Waals surface area contributed by atoms with Crippen molar-refractivity contribution in [2.45, 2.75) is 32.2 Å². The monoisotopic (exact) mass is 287 g/mol. The van der Waals surface area contributed by atoms with Gasteiger partial charge in [0.2, 0.25) is 0 Å². The quantitative estimate of drug-likeness (QED) is 0.864. The summed E-state index contributed by atoms with van der Waals surface area (Å²) in [7, 11) is 0. The third-order valence-corrected chi connectivity index (χ3v) is 4.01. The van der Waals surface area contributed by atoms with Gasteiger partial charge in [-0.1, -0.05) is 40.9 Å². The molecule has 1 aliphatic heterocycles. The fourth-order valence-electron chi connectivity index (χ4n) is 2.25. The van der Waals surface area contributed by atoms with Crippen LogP contribution in [0.5, 0.6) is 0 Å². The van der Waals surface area contributed by atoms with E-state index in [1.54, 1.807) is 0 Å². The smallest absolute Gasteiger partial charge is 0.0457 e. The van der Waals surface area contributed by atoms with E-state index in [0.717, 1.165) is 24.4 Å². The van der Waals surface area contributed by atoms with Gasteiger partial charge in [-0.3, -0.25) is 0 Å². The molecule has 1 heterocycles. The lowest BCUT2D eigenvalue weighted by Crippen LogP contribution is -2.30. The number of rotatable bonds is 2. The topological polar surface area (TPSA) is 12.0 Å². The molecule has 0 radical (unpaired) electrons. The Balaban J connectivity index is 2.45. The molecule has 82 valence electrons. The van der Waals surface area contributed by atoms with Crippen LogP contribution in [-0.2, 0) is 6.42 Å². The zero-order valence-electron chi connectivity index (χ0n) is 8.82. The van der Waals surface area contributed by atoms with Crippen molar-refractivity contribution in [3.63, 3.8) is 0 Å². The van der Waals surface area contributed by atoms with Crippen LogP contribution in [0.2, 0.25) is 5.02 Å². The fraction of sp³-hybridized carbons (Fsp3) is 0.500. The largest absolute Gasteiger partial charge is 0.310 e. The van der Waals surface area contributed by atoms with Gasteiger partial charge >= 0.3 is 0 Å². The van der Waals surface area contributed by atoms with Crippen LogP contribution in [0.25, 0.3) is 0 Å². The van der Waals surface area contributed by atoms with Crippen molar-refractivity contribution in [3.05, 3.63) is 32.8 Å². The molecule has 0 saturated heterocycles. The zero-order chi connectivity index (χ0) is 10.8. The van der Waals surface area contributed by atoms with Crippen molar-refractivity contribution in [3.8, 4) is 0 Å². The maximum atomic E-state index is 6.28. The minimum atomic E-state index is 0.434. The SMILES string of the molecule is CCCC1NCCc2c(Br)ccc(Cl)c21. The van der Waals surface area contributed by atoms with E-state index in [-0.39, 0.29) is 0 Å². The van der Waals surface area contributed by atoms with Crippen LogP contribution in [0.4, 0.5) is 0 Å². The predicted octanol–water partition coefficient (Wildman–Crippen LogP) is 4.09. The van der Waals surface area contributed by atoms with E-state index in [1.807, 2.05) is 6.07 Å². The molecule has 0 saturated carbocycles. The van der Waals surface area contributed by atoms with Crippen LogP contribution < -0.4 is 5.32 Å². The summed E-state index contributed by atoms with van der Waals surface area (Å²) in [4.78, 5) is 0. The molecule has 0 aliphatic carbocycles. The van der Waals surface area contributed by atoms with Crippen LogP contribution in [0.3, 0.4) is 0 Å². The molecule has 1 aromatic rings. The van der Waals surface area contributed by atoms with E-state index in [2.05, 4.69) is 34.2 Å². The summed E-state index contributed by atoms with van der Waals surface area (Å²) in [6, 6.07) is 4.47. The molecule has 0 spiro atoms. The summed E-state index contributed by atoms with van der Waals surface area (Å²) in [5.74, 6) is 0. The highest BCUT2D eigenvalue weighted by Crippen LogP contribution is 2.36. The molecule has 0 aromatic heterocycles. The van der Waals surface area contributed by atoms with Gasteiger partial charge in [0.1, 0.15) is 0 Å². The molecule has 1 atom stereocenters. The van der Waals surface area contributed by atoms with Gasteiger partial charge < -0.3 is 5.32 Å². The fourth-order valence-corrected chi connectivity index (χ4v) is 3.10. The minimum Gasteiger partial charge on any atom is -0.310 e. The third-order valence-electron chi connectivity index (χ3n) is 2.94. The summed E-state index contributed by atoms with van der Waals surface area (Å²) >= 11 is 9.89. The van der Waals surface area contributed by atoms with Crippen LogP contribution in [0.1, 0.15) is 36.9 Å². The molecule has 2 rings (SSSR count). The highest BCUT2D eigenvalue weighted by molar-refractivity contribution is 9.10. The first-order valence-corrected chi connectivity index (χ1v) is 6.61. The van der Waals surface area contributed by atoms with E-state index in [9.17, 15) is 0 Å². The second kappa shape index (κ2) is 4.86. The van der Waals surface area contributed by atoms with Gasteiger partial charge in [0.15, 0.2) is 0 Å². The number of nitrogens with one attached hydrogen (secondary N) is 1. The molecule has 15 heavy (non-hydrogen) atoms.